The van der Waals surface area contributed by atoms with Gasteiger partial charge in [-0.15, -0.1) is 10.2 Å². The average Bonchev–Trinajstić information content (AvgIpc) is 3.12. The summed E-state index contributed by atoms with van der Waals surface area (Å²) in [6.45, 7) is 0.226. The number of rotatable bonds is 4. The molecule has 0 saturated heterocycles. The average molecular weight is 335 g/mol. The number of fused-ring (bicyclic) bond motifs is 1. The zero-order valence-electron chi connectivity index (χ0n) is 13.0. The van der Waals surface area contributed by atoms with Crippen molar-refractivity contribution in [2.24, 2.45) is 0 Å². The molecular weight excluding hydrogens is 322 g/mol. The Kier molecular flexibility index (Phi) is 3.83. The third-order valence-electron chi connectivity index (χ3n) is 3.47. The molecule has 3 aromatic rings. The minimum Gasteiger partial charge on any atom is -0.454 e. The molecule has 1 amide bonds. The molecule has 4 rings (SSSR count). The molecule has 124 valence electrons. The molecule has 3 heterocycles. The summed E-state index contributed by atoms with van der Waals surface area (Å²) in [6.07, 6.45) is 3.09. The third-order valence-corrected chi connectivity index (χ3v) is 3.47. The van der Waals surface area contributed by atoms with Gasteiger partial charge >= 0.3 is 0 Å². The molecule has 0 saturated carbocycles. The monoisotopic (exact) mass is 335 g/mol. The van der Waals surface area contributed by atoms with Crippen molar-refractivity contribution in [3.63, 3.8) is 0 Å². The van der Waals surface area contributed by atoms with Crippen LogP contribution in [0.15, 0.2) is 54.9 Å². The Morgan fingerprint density at radius 2 is 1.84 bits per heavy atom. The first-order valence-electron chi connectivity index (χ1n) is 7.50. The summed E-state index contributed by atoms with van der Waals surface area (Å²) in [5.74, 6) is 1.99. The Bertz CT molecular complexity index is 900. The number of carbonyl (C=O) groups is 1. The molecule has 8 nitrogen and oxygen atoms in total. The molecule has 25 heavy (non-hydrogen) atoms. The molecule has 1 aromatic carbocycles. The van der Waals surface area contributed by atoms with Gasteiger partial charge in [0.15, 0.2) is 23.1 Å². The van der Waals surface area contributed by atoms with Crippen LogP contribution in [-0.4, -0.2) is 27.9 Å². The SMILES string of the molecule is O=C(Nc1ccc(Nc2ccc3c(c2)OCO3)nn1)c1cccnc1. The van der Waals surface area contributed by atoms with Gasteiger partial charge in [-0.3, -0.25) is 9.78 Å². The molecule has 0 bridgehead atoms. The van der Waals surface area contributed by atoms with Crippen LogP contribution in [0.1, 0.15) is 10.4 Å². The number of anilines is 3. The van der Waals surface area contributed by atoms with Crippen molar-refractivity contribution in [2.45, 2.75) is 0 Å². The molecule has 2 N–H and O–H groups in total. The van der Waals surface area contributed by atoms with E-state index in [-0.39, 0.29) is 12.7 Å². The largest absolute Gasteiger partial charge is 0.454 e. The molecule has 0 fully saturated rings. The highest BCUT2D eigenvalue weighted by atomic mass is 16.7. The Balaban J connectivity index is 1.42. The maximum Gasteiger partial charge on any atom is 0.258 e. The van der Waals surface area contributed by atoms with E-state index in [1.807, 2.05) is 18.2 Å². The molecule has 0 spiro atoms. The molecule has 8 heteroatoms. The molecule has 0 aliphatic carbocycles. The van der Waals surface area contributed by atoms with Gasteiger partial charge < -0.3 is 20.1 Å². The highest BCUT2D eigenvalue weighted by molar-refractivity contribution is 6.03. The van der Waals surface area contributed by atoms with Crippen LogP contribution in [0.3, 0.4) is 0 Å². The second-order valence-corrected chi connectivity index (χ2v) is 5.19. The Morgan fingerprint density at radius 3 is 2.64 bits per heavy atom. The van der Waals surface area contributed by atoms with Crippen LogP contribution in [0.4, 0.5) is 17.3 Å². The van der Waals surface area contributed by atoms with Crippen molar-refractivity contribution in [1.82, 2.24) is 15.2 Å². The van der Waals surface area contributed by atoms with E-state index in [0.29, 0.717) is 28.7 Å². The van der Waals surface area contributed by atoms with E-state index in [4.69, 9.17) is 9.47 Å². The van der Waals surface area contributed by atoms with E-state index in [2.05, 4.69) is 25.8 Å². The summed E-state index contributed by atoms with van der Waals surface area (Å²) in [5, 5.41) is 13.8. The number of carbonyl (C=O) groups excluding carboxylic acids is 1. The van der Waals surface area contributed by atoms with Crippen LogP contribution in [0, 0.1) is 0 Å². The van der Waals surface area contributed by atoms with Crippen LogP contribution >= 0.6 is 0 Å². The van der Waals surface area contributed by atoms with Crippen molar-refractivity contribution in [2.75, 3.05) is 17.4 Å². The molecule has 2 aromatic heterocycles. The Labute approximate surface area is 142 Å². The lowest BCUT2D eigenvalue weighted by Gasteiger charge is -2.07. The summed E-state index contributed by atoms with van der Waals surface area (Å²) in [5.41, 5.74) is 1.25. The van der Waals surface area contributed by atoms with Crippen LogP contribution in [0.5, 0.6) is 11.5 Å². The van der Waals surface area contributed by atoms with Crippen molar-refractivity contribution >= 4 is 23.2 Å². The van der Waals surface area contributed by atoms with E-state index >= 15 is 0 Å². The zero-order valence-corrected chi connectivity index (χ0v) is 13.0. The van der Waals surface area contributed by atoms with Crippen molar-refractivity contribution in [3.05, 3.63) is 60.4 Å². The van der Waals surface area contributed by atoms with E-state index in [0.717, 1.165) is 5.69 Å². The Morgan fingerprint density at radius 1 is 1.00 bits per heavy atom. The van der Waals surface area contributed by atoms with Gasteiger partial charge in [0.2, 0.25) is 6.79 Å². The quantitative estimate of drug-likeness (QED) is 0.756. The Hall–Kier alpha value is -3.68. The maximum atomic E-state index is 12.0. The normalized spacial score (nSPS) is 11.8. The van der Waals surface area contributed by atoms with Gasteiger partial charge in [0.25, 0.3) is 5.91 Å². The first kappa shape index (κ1) is 14.9. The number of nitrogens with one attached hydrogen (secondary N) is 2. The van der Waals surface area contributed by atoms with Gasteiger partial charge in [0, 0.05) is 24.1 Å². The number of pyridine rings is 1. The summed E-state index contributed by atoms with van der Waals surface area (Å²) in [4.78, 5) is 15.9. The van der Waals surface area contributed by atoms with Crippen LogP contribution in [0.2, 0.25) is 0 Å². The maximum absolute atomic E-state index is 12.0. The number of hydrogen-bond acceptors (Lipinski definition) is 7. The summed E-state index contributed by atoms with van der Waals surface area (Å²) < 4.78 is 10.6. The van der Waals surface area contributed by atoms with E-state index in [1.54, 1.807) is 30.5 Å². The minimum absolute atomic E-state index is 0.226. The van der Waals surface area contributed by atoms with Gasteiger partial charge in [-0.05, 0) is 36.4 Å². The predicted octanol–water partition coefficient (Wildman–Crippen LogP) is 2.60. The van der Waals surface area contributed by atoms with Crippen LogP contribution in [0.25, 0.3) is 0 Å². The van der Waals surface area contributed by atoms with E-state index in [9.17, 15) is 4.79 Å². The topological polar surface area (TPSA) is 98.3 Å². The van der Waals surface area contributed by atoms with Crippen molar-refractivity contribution < 1.29 is 14.3 Å². The summed E-state index contributed by atoms with van der Waals surface area (Å²) in [6, 6.07) is 12.2. The van der Waals surface area contributed by atoms with E-state index < -0.39 is 0 Å². The molecular formula is C17H13N5O3. The van der Waals surface area contributed by atoms with E-state index in [1.165, 1.54) is 6.20 Å². The number of benzene rings is 1. The molecule has 0 radical (unpaired) electrons. The first-order chi connectivity index (χ1) is 12.3. The lowest BCUT2D eigenvalue weighted by Crippen LogP contribution is -2.13. The first-order valence-corrected chi connectivity index (χ1v) is 7.50. The lowest BCUT2D eigenvalue weighted by atomic mass is 10.2. The number of ether oxygens (including phenoxy) is 2. The van der Waals surface area contributed by atoms with Crippen molar-refractivity contribution in [1.29, 1.82) is 0 Å². The molecule has 0 unspecified atom stereocenters. The van der Waals surface area contributed by atoms with Crippen LogP contribution in [-0.2, 0) is 0 Å². The third kappa shape index (κ3) is 3.32. The molecule has 1 aliphatic rings. The second kappa shape index (κ2) is 6.44. The van der Waals surface area contributed by atoms with Gasteiger partial charge in [-0.1, -0.05) is 0 Å². The second-order valence-electron chi connectivity index (χ2n) is 5.19. The van der Waals surface area contributed by atoms with Gasteiger partial charge in [0.05, 0.1) is 5.56 Å². The minimum atomic E-state index is -0.293. The van der Waals surface area contributed by atoms with Gasteiger partial charge in [-0.2, -0.15) is 0 Å². The fraction of sp³-hybridized carbons (Fsp3) is 0.0588. The number of hydrogen-bond donors (Lipinski definition) is 2. The number of nitrogens with zero attached hydrogens (tertiary/aromatic N) is 3. The lowest BCUT2D eigenvalue weighted by molar-refractivity contribution is 0.102. The predicted molar refractivity (Wildman–Crippen MR) is 90.1 cm³/mol. The smallest absolute Gasteiger partial charge is 0.258 e. The fourth-order valence-electron chi connectivity index (χ4n) is 2.27. The summed E-state index contributed by atoms with van der Waals surface area (Å²) in [7, 11) is 0. The molecule has 0 atom stereocenters. The highest BCUT2D eigenvalue weighted by Gasteiger charge is 2.13. The summed E-state index contributed by atoms with van der Waals surface area (Å²) >= 11 is 0. The zero-order chi connectivity index (χ0) is 17.1. The molecule has 1 aliphatic heterocycles. The fourth-order valence-corrected chi connectivity index (χ4v) is 2.27. The number of amides is 1. The highest BCUT2D eigenvalue weighted by Crippen LogP contribution is 2.34. The van der Waals surface area contributed by atoms with Gasteiger partial charge in [0.1, 0.15) is 0 Å². The van der Waals surface area contributed by atoms with Crippen molar-refractivity contribution in [3.8, 4) is 11.5 Å². The van der Waals surface area contributed by atoms with Gasteiger partial charge in [-0.25, -0.2) is 0 Å². The standard InChI is InChI=1S/C17H13N5O3/c23-17(11-2-1-7-18-9-11)20-16-6-5-15(21-22-16)19-12-3-4-13-14(8-12)25-10-24-13/h1-9H,10H2,(H,19,21)(H,20,22,23). The number of aromatic nitrogens is 3. The van der Waals surface area contributed by atoms with Crippen LogP contribution < -0.4 is 20.1 Å².